The Bertz CT molecular complexity index is 417. The fraction of sp³-hybridized carbons (Fsp3) is 0.905. The van der Waals surface area contributed by atoms with Crippen molar-refractivity contribution >= 4 is 0 Å². The summed E-state index contributed by atoms with van der Waals surface area (Å²) in [6.07, 6.45) is 49.4. The van der Waals surface area contributed by atoms with Gasteiger partial charge in [0.1, 0.15) is 0 Å². The van der Waals surface area contributed by atoms with Crippen molar-refractivity contribution < 1.29 is 0 Å². The molecule has 0 rings (SSSR count). The number of hydrogen-bond donors (Lipinski definition) is 0. The van der Waals surface area contributed by atoms with Gasteiger partial charge in [-0.05, 0) is 31.1 Å². The van der Waals surface area contributed by atoms with Gasteiger partial charge in [0.2, 0.25) is 0 Å². The van der Waals surface area contributed by atoms with Crippen molar-refractivity contribution in [2.75, 3.05) is 0 Å². The van der Waals surface area contributed by atoms with E-state index in [1.54, 1.807) is 0 Å². The zero-order chi connectivity index (χ0) is 33.0. The van der Waals surface area contributed by atoms with Crippen LogP contribution in [-0.4, -0.2) is 0 Å². The molecule has 0 bridgehead atoms. The largest absolute Gasteiger partial charge is 0.124 e. The molecule has 0 N–H and O–H groups in total. The molecule has 0 saturated heterocycles. The summed E-state index contributed by atoms with van der Waals surface area (Å²) < 4.78 is 0. The van der Waals surface area contributed by atoms with Gasteiger partial charge in [0.15, 0.2) is 0 Å². The van der Waals surface area contributed by atoms with E-state index in [1.807, 2.05) is 13.8 Å². The lowest BCUT2D eigenvalue weighted by atomic mass is 9.96. The van der Waals surface area contributed by atoms with E-state index in [1.165, 1.54) is 167 Å². The Morgan fingerprint density at radius 1 is 0.405 bits per heavy atom. The third-order valence-electron chi connectivity index (χ3n) is 7.98. The minimum absolute atomic E-state index is 0.955. The Morgan fingerprint density at radius 2 is 0.714 bits per heavy atom. The second-order valence-corrected chi connectivity index (χ2v) is 12.3. The number of allylic oxidation sites excluding steroid dienone is 2. The number of rotatable bonds is 26. The van der Waals surface area contributed by atoms with E-state index in [0.29, 0.717) is 0 Å². The van der Waals surface area contributed by atoms with Gasteiger partial charge < -0.3 is 0 Å². The minimum Gasteiger partial charge on any atom is -0.124 e. The van der Waals surface area contributed by atoms with E-state index in [-0.39, 0.29) is 0 Å². The molecule has 0 aromatic heterocycles. The third kappa shape index (κ3) is 62.8. The van der Waals surface area contributed by atoms with Crippen molar-refractivity contribution in [3.05, 3.63) is 12.2 Å². The lowest BCUT2D eigenvalue weighted by Gasteiger charge is -2.11. The first kappa shape index (κ1) is 50.9. The molecule has 0 saturated carbocycles. The van der Waals surface area contributed by atoms with E-state index in [4.69, 9.17) is 0 Å². The summed E-state index contributed by atoms with van der Waals surface area (Å²) in [5.41, 5.74) is 0. The first-order chi connectivity index (χ1) is 20.5. The van der Waals surface area contributed by atoms with Crippen molar-refractivity contribution in [3.8, 4) is 12.8 Å². The normalized spacial score (nSPS) is 11.5. The Kier molecular flexibility index (Phi) is 68.0. The molecule has 0 radical (unpaired) electrons. The third-order valence-corrected chi connectivity index (χ3v) is 7.98. The van der Waals surface area contributed by atoms with Gasteiger partial charge in [0.25, 0.3) is 0 Å². The van der Waals surface area contributed by atoms with Crippen LogP contribution in [0.3, 0.4) is 0 Å². The fourth-order valence-corrected chi connectivity index (χ4v) is 4.79. The SMILES string of the molecule is C#C.CC.CC/C=C/CCCCCC.CCCCCC(C)CC.CCCCCCCCCC(C)CCCCCCCC. The van der Waals surface area contributed by atoms with Gasteiger partial charge in [-0.2, -0.15) is 0 Å². The summed E-state index contributed by atoms with van der Waals surface area (Å²) in [7, 11) is 0. The van der Waals surface area contributed by atoms with Gasteiger partial charge in [0.05, 0.1) is 0 Å². The van der Waals surface area contributed by atoms with E-state index >= 15 is 0 Å². The van der Waals surface area contributed by atoms with Crippen LogP contribution in [0.1, 0.15) is 236 Å². The highest BCUT2D eigenvalue weighted by Gasteiger charge is 2.02. The molecule has 256 valence electrons. The van der Waals surface area contributed by atoms with Gasteiger partial charge in [-0.3, -0.25) is 0 Å². The van der Waals surface area contributed by atoms with Crippen LogP contribution in [0.15, 0.2) is 12.2 Å². The number of hydrogen-bond acceptors (Lipinski definition) is 0. The van der Waals surface area contributed by atoms with Gasteiger partial charge in [-0.1, -0.05) is 229 Å². The molecule has 0 heterocycles. The first-order valence-corrected chi connectivity index (χ1v) is 19.5. The molecule has 0 nitrogen and oxygen atoms in total. The highest BCUT2D eigenvalue weighted by atomic mass is 14.1. The Balaban J connectivity index is -0.000000167. The van der Waals surface area contributed by atoms with Gasteiger partial charge >= 0.3 is 0 Å². The van der Waals surface area contributed by atoms with Crippen LogP contribution in [0.2, 0.25) is 0 Å². The van der Waals surface area contributed by atoms with E-state index in [0.717, 1.165) is 11.8 Å². The molecule has 0 aliphatic rings. The van der Waals surface area contributed by atoms with Crippen molar-refractivity contribution in [2.24, 2.45) is 11.8 Å². The molecular formula is C42H88. The summed E-state index contributed by atoms with van der Waals surface area (Å²) in [6, 6.07) is 0. The van der Waals surface area contributed by atoms with Crippen LogP contribution in [0.4, 0.5) is 0 Å². The maximum Gasteiger partial charge on any atom is -0.0351 e. The molecular weight excluding hydrogens is 504 g/mol. The van der Waals surface area contributed by atoms with E-state index < -0.39 is 0 Å². The predicted octanol–water partition coefficient (Wildman–Crippen LogP) is 16.3. The topological polar surface area (TPSA) is 0 Å². The van der Waals surface area contributed by atoms with Crippen LogP contribution in [0.5, 0.6) is 0 Å². The standard InChI is InChI=1S/C19H40.C10H20.C9H20.C2H6.C2H2/c1-4-6-8-10-12-14-16-18-19(3)17-15-13-11-9-7-5-2;1-3-5-7-9-10-8-6-4-2;1-4-6-7-8-9(3)5-2;2*1-2/h19H,4-18H2,1-3H3;5,7H,3-4,6,8-10H2,1-2H3;9H,4-8H2,1-3H3;1-2H3;1-2H/b;7-5+;;;. The van der Waals surface area contributed by atoms with Crippen LogP contribution < -0.4 is 0 Å². The summed E-state index contributed by atoms with van der Waals surface area (Å²) >= 11 is 0. The van der Waals surface area contributed by atoms with Gasteiger partial charge in [0, 0.05) is 0 Å². The smallest absolute Gasteiger partial charge is 0.0351 e. The van der Waals surface area contributed by atoms with Crippen LogP contribution >= 0.6 is 0 Å². The van der Waals surface area contributed by atoms with Crippen molar-refractivity contribution in [1.82, 2.24) is 0 Å². The van der Waals surface area contributed by atoms with Gasteiger partial charge in [-0.15, -0.1) is 12.8 Å². The quantitative estimate of drug-likeness (QED) is 0.0532. The van der Waals surface area contributed by atoms with Crippen molar-refractivity contribution in [2.45, 2.75) is 236 Å². The summed E-state index contributed by atoms with van der Waals surface area (Å²) in [5, 5.41) is 0. The lowest BCUT2D eigenvalue weighted by molar-refractivity contribution is 0.431. The van der Waals surface area contributed by atoms with Crippen molar-refractivity contribution in [1.29, 1.82) is 0 Å². The average Bonchev–Trinajstić information content (AvgIpc) is 3.03. The Hall–Kier alpha value is -0.700. The number of unbranched alkanes of at least 4 members (excludes halogenated alkanes) is 17. The zero-order valence-electron chi connectivity index (χ0n) is 31.8. The molecule has 0 aliphatic heterocycles. The van der Waals surface area contributed by atoms with Crippen LogP contribution in [0, 0.1) is 24.7 Å². The highest BCUT2D eigenvalue weighted by Crippen LogP contribution is 2.18. The fourth-order valence-electron chi connectivity index (χ4n) is 4.79. The number of terminal acetylenes is 1. The zero-order valence-corrected chi connectivity index (χ0v) is 31.8. The van der Waals surface area contributed by atoms with Crippen LogP contribution in [0.25, 0.3) is 0 Å². The predicted molar refractivity (Wildman–Crippen MR) is 203 cm³/mol. The lowest BCUT2D eigenvalue weighted by Crippen LogP contribution is -1.95. The second-order valence-electron chi connectivity index (χ2n) is 12.3. The second kappa shape index (κ2) is 56.1. The van der Waals surface area contributed by atoms with E-state index in [2.05, 4.69) is 80.4 Å². The molecule has 0 aromatic rings. The molecule has 42 heavy (non-hydrogen) atoms. The van der Waals surface area contributed by atoms with E-state index in [9.17, 15) is 0 Å². The van der Waals surface area contributed by atoms with Gasteiger partial charge in [-0.25, -0.2) is 0 Å². The molecule has 0 aromatic carbocycles. The van der Waals surface area contributed by atoms with Crippen molar-refractivity contribution in [3.63, 3.8) is 0 Å². The van der Waals surface area contributed by atoms with Crippen LogP contribution in [-0.2, 0) is 0 Å². The monoisotopic (exact) mass is 593 g/mol. The molecule has 0 fully saturated rings. The highest BCUT2D eigenvalue weighted by molar-refractivity contribution is 4.79. The Labute approximate surface area is 272 Å². The average molecular weight is 593 g/mol. The Morgan fingerprint density at radius 3 is 1.10 bits per heavy atom. The first-order valence-electron chi connectivity index (χ1n) is 19.5. The maximum absolute atomic E-state index is 4.00. The molecule has 2 atom stereocenters. The molecule has 0 heteroatoms. The summed E-state index contributed by atoms with van der Waals surface area (Å²) in [6.45, 7) is 22.4. The molecule has 0 aliphatic carbocycles. The summed E-state index contributed by atoms with van der Waals surface area (Å²) in [5.74, 6) is 1.93. The maximum atomic E-state index is 4.00. The summed E-state index contributed by atoms with van der Waals surface area (Å²) in [4.78, 5) is 0. The molecule has 0 spiro atoms. The molecule has 2 unspecified atom stereocenters. The minimum atomic E-state index is 0.955. The molecule has 0 amide bonds.